The van der Waals surface area contributed by atoms with E-state index in [2.05, 4.69) is 80.7 Å². The van der Waals surface area contributed by atoms with Gasteiger partial charge in [0.2, 0.25) is 5.91 Å². The number of thiocarbonyl (C=S) groups is 1. The van der Waals surface area contributed by atoms with Crippen molar-refractivity contribution in [3.63, 3.8) is 0 Å². The minimum atomic E-state index is -0.146. The molecule has 2 aromatic heterocycles. The second-order valence-corrected chi connectivity index (χ2v) is 10.1. The number of hydrogen-bond donors (Lipinski definition) is 2. The third kappa shape index (κ3) is 4.74. The second kappa shape index (κ2) is 10.2. The summed E-state index contributed by atoms with van der Waals surface area (Å²) >= 11 is 5.92. The summed E-state index contributed by atoms with van der Waals surface area (Å²) in [6.07, 6.45) is 3.92. The topological polar surface area (TPSA) is 62.2 Å². The van der Waals surface area contributed by atoms with Crippen molar-refractivity contribution in [1.29, 1.82) is 0 Å². The number of rotatable bonds is 6. The van der Waals surface area contributed by atoms with Crippen LogP contribution in [0.15, 0.2) is 85.2 Å². The molecule has 1 amide bonds. The fourth-order valence-electron chi connectivity index (χ4n) is 4.84. The zero-order valence-electron chi connectivity index (χ0n) is 21.5. The molecule has 3 heterocycles. The molecule has 0 saturated carbocycles. The number of aromatic nitrogens is 2. The molecule has 1 aliphatic heterocycles. The van der Waals surface area contributed by atoms with Crippen LogP contribution in [-0.4, -0.2) is 20.6 Å². The van der Waals surface area contributed by atoms with Crippen molar-refractivity contribution in [1.82, 2.24) is 14.9 Å². The summed E-state index contributed by atoms with van der Waals surface area (Å²) in [5, 5.41) is 7.21. The molecule has 0 aliphatic carbocycles. The Labute approximate surface area is 223 Å². The van der Waals surface area contributed by atoms with Crippen LogP contribution in [0.3, 0.4) is 0 Å². The molecule has 0 radical (unpaired) electrons. The van der Waals surface area contributed by atoms with Gasteiger partial charge >= 0.3 is 0 Å². The Balaban J connectivity index is 1.61. The zero-order chi connectivity index (χ0) is 26.1. The van der Waals surface area contributed by atoms with Crippen LogP contribution in [0, 0.1) is 19.8 Å². The number of carbonyl (C=O) groups is 1. The molecule has 0 spiro atoms. The van der Waals surface area contributed by atoms with Crippen LogP contribution in [-0.2, 0) is 4.79 Å². The van der Waals surface area contributed by atoms with Gasteiger partial charge in [0.05, 0.1) is 11.7 Å². The molecule has 4 aromatic rings. The Bertz CT molecular complexity index is 1450. The molecular formula is C30H31N5OS. The molecule has 1 fully saturated rings. The lowest BCUT2D eigenvalue weighted by molar-refractivity contribution is -0.118. The summed E-state index contributed by atoms with van der Waals surface area (Å²) in [4.78, 5) is 19.1. The van der Waals surface area contributed by atoms with E-state index in [9.17, 15) is 4.79 Å². The molecule has 0 bridgehead atoms. The summed E-state index contributed by atoms with van der Waals surface area (Å²) in [5.74, 6) is -0.0921. The molecule has 2 aromatic carbocycles. The molecular weight excluding hydrogens is 478 g/mol. The van der Waals surface area contributed by atoms with Gasteiger partial charge in [-0.05, 0) is 85.7 Å². The molecule has 1 aliphatic rings. The Morgan fingerprint density at radius 2 is 1.78 bits per heavy atom. The van der Waals surface area contributed by atoms with Crippen LogP contribution in [0.2, 0.25) is 0 Å². The van der Waals surface area contributed by atoms with Crippen LogP contribution in [0.4, 0.5) is 11.4 Å². The highest BCUT2D eigenvalue weighted by atomic mass is 32.1. The normalized spacial score (nSPS) is 17.2. The second-order valence-electron chi connectivity index (χ2n) is 9.73. The van der Waals surface area contributed by atoms with E-state index in [0.717, 1.165) is 34.0 Å². The number of para-hydroxylation sites is 1. The maximum Gasteiger partial charge on any atom is 0.226 e. The van der Waals surface area contributed by atoms with E-state index in [0.29, 0.717) is 5.11 Å². The van der Waals surface area contributed by atoms with E-state index < -0.39 is 0 Å². The monoisotopic (exact) mass is 509 g/mol. The largest absolute Gasteiger partial charge is 0.351 e. The van der Waals surface area contributed by atoms with Gasteiger partial charge in [-0.25, -0.2) is 0 Å². The molecule has 6 nitrogen and oxygen atoms in total. The average molecular weight is 510 g/mol. The summed E-state index contributed by atoms with van der Waals surface area (Å²) in [5.41, 5.74) is 7.09. The minimum absolute atomic E-state index is 0.00152. The highest BCUT2D eigenvalue weighted by molar-refractivity contribution is 7.80. The number of pyridine rings is 1. The quantitative estimate of drug-likeness (QED) is 0.300. The highest BCUT2D eigenvalue weighted by Crippen LogP contribution is 2.43. The van der Waals surface area contributed by atoms with Crippen molar-refractivity contribution in [3.8, 4) is 5.69 Å². The fraction of sp³-hybridized carbons (Fsp3) is 0.233. The third-order valence-electron chi connectivity index (χ3n) is 6.83. The van der Waals surface area contributed by atoms with Gasteiger partial charge in [0, 0.05) is 41.1 Å². The van der Waals surface area contributed by atoms with E-state index in [4.69, 9.17) is 12.2 Å². The number of hydrogen-bond acceptors (Lipinski definition) is 3. The van der Waals surface area contributed by atoms with Gasteiger partial charge in [-0.15, -0.1) is 0 Å². The molecule has 5 rings (SSSR count). The van der Waals surface area contributed by atoms with Gasteiger partial charge in [-0.3, -0.25) is 9.78 Å². The first-order chi connectivity index (χ1) is 17.8. The Morgan fingerprint density at radius 3 is 2.49 bits per heavy atom. The number of aryl methyl sites for hydroxylation is 2. The lowest BCUT2D eigenvalue weighted by atomic mass is 10.00. The Morgan fingerprint density at radius 1 is 1.00 bits per heavy atom. The molecule has 37 heavy (non-hydrogen) atoms. The molecule has 188 valence electrons. The van der Waals surface area contributed by atoms with Crippen LogP contribution >= 0.6 is 12.2 Å². The predicted octanol–water partition coefficient (Wildman–Crippen LogP) is 6.26. The van der Waals surface area contributed by atoms with Crippen LogP contribution in [0.5, 0.6) is 0 Å². The minimum Gasteiger partial charge on any atom is -0.351 e. The average Bonchev–Trinajstić information content (AvgIpc) is 3.50. The molecule has 2 N–H and O–H groups in total. The predicted molar refractivity (Wildman–Crippen MR) is 153 cm³/mol. The van der Waals surface area contributed by atoms with Gasteiger partial charge in [0.1, 0.15) is 6.04 Å². The van der Waals surface area contributed by atoms with Gasteiger partial charge in [-0.2, -0.15) is 0 Å². The van der Waals surface area contributed by atoms with Gasteiger partial charge < -0.3 is 20.1 Å². The summed E-state index contributed by atoms with van der Waals surface area (Å²) in [6.45, 7) is 7.91. The standard InChI is InChI=1S/C30H31N5OS/c1-19(2)29(36)32-23-15-14-22(18-21(23)4)35-28(27(33-30(35)37)24-11-7-8-16-31-24)26-13-9-17-34(26)25-12-6-5-10-20(25)3/h5-19,27-28H,1-4H3,(H,32,36)(H,33,37)/t27-,28-/m0/s1. The van der Waals surface area contributed by atoms with Gasteiger partial charge in [0.15, 0.2) is 5.11 Å². The first-order valence-corrected chi connectivity index (χ1v) is 12.9. The number of benzene rings is 2. The summed E-state index contributed by atoms with van der Waals surface area (Å²) < 4.78 is 2.24. The van der Waals surface area contributed by atoms with E-state index >= 15 is 0 Å². The van der Waals surface area contributed by atoms with E-state index in [1.807, 2.05) is 57.3 Å². The van der Waals surface area contributed by atoms with Crippen molar-refractivity contribution in [2.24, 2.45) is 5.92 Å². The smallest absolute Gasteiger partial charge is 0.226 e. The maximum absolute atomic E-state index is 12.3. The van der Waals surface area contributed by atoms with E-state index in [-0.39, 0.29) is 23.9 Å². The molecule has 1 saturated heterocycles. The number of nitrogens with one attached hydrogen (secondary N) is 2. The SMILES string of the molecule is Cc1cc(N2C(=S)N[C@@H](c3ccccn3)[C@@H]2c2cccn2-c2ccccc2C)ccc1NC(=O)C(C)C. The Kier molecular flexibility index (Phi) is 6.80. The fourth-order valence-corrected chi connectivity index (χ4v) is 5.18. The summed E-state index contributed by atoms with van der Waals surface area (Å²) in [7, 11) is 0. The zero-order valence-corrected chi connectivity index (χ0v) is 22.3. The Hall–Kier alpha value is -3.97. The first-order valence-electron chi connectivity index (χ1n) is 12.5. The van der Waals surface area contributed by atoms with E-state index in [1.165, 1.54) is 5.56 Å². The van der Waals surface area contributed by atoms with Crippen LogP contribution in [0.1, 0.15) is 48.4 Å². The first kappa shape index (κ1) is 24.7. The highest BCUT2D eigenvalue weighted by Gasteiger charge is 2.42. The van der Waals surface area contributed by atoms with Crippen molar-refractivity contribution in [3.05, 3.63) is 108 Å². The van der Waals surface area contributed by atoms with Crippen molar-refractivity contribution in [2.75, 3.05) is 10.2 Å². The number of anilines is 2. The summed E-state index contributed by atoms with van der Waals surface area (Å²) in [6, 6.07) is 24.3. The van der Waals surface area contributed by atoms with Crippen LogP contribution < -0.4 is 15.5 Å². The maximum atomic E-state index is 12.3. The van der Waals surface area contributed by atoms with Crippen molar-refractivity contribution in [2.45, 2.75) is 39.8 Å². The van der Waals surface area contributed by atoms with Gasteiger partial charge in [0.25, 0.3) is 0 Å². The molecule has 2 atom stereocenters. The van der Waals surface area contributed by atoms with Crippen LogP contribution in [0.25, 0.3) is 5.69 Å². The van der Waals surface area contributed by atoms with Crippen molar-refractivity contribution < 1.29 is 4.79 Å². The lowest BCUT2D eigenvalue weighted by Gasteiger charge is -2.29. The molecule has 7 heteroatoms. The van der Waals surface area contributed by atoms with E-state index in [1.54, 1.807) is 0 Å². The van der Waals surface area contributed by atoms with Crippen molar-refractivity contribution >= 4 is 34.6 Å². The van der Waals surface area contributed by atoms with Gasteiger partial charge in [-0.1, -0.05) is 38.1 Å². The number of carbonyl (C=O) groups excluding carboxylic acids is 1. The lowest BCUT2D eigenvalue weighted by Crippen LogP contribution is -2.30. The number of amides is 1. The third-order valence-corrected chi connectivity index (χ3v) is 7.14. The molecule has 0 unspecified atom stereocenters. The number of nitrogens with zero attached hydrogens (tertiary/aromatic N) is 3.